The average molecular weight is 568 g/mol. The summed E-state index contributed by atoms with van der Waals surface area (Å²) in [5, 5.41) is 6.31. The maximum absolute atomic E-state index is 12.3. The molecular formula is C21H28F3IN4O3. The summed E-state index contributed by atoms with van der Waals surface area (Å²) >= 11 is 0. The van der Waals surface area contributed by atoms with Crippen LogP contribution >= 0.6 is 24.0 Å². The van der Waals surface area contributed by atoms with Crippen LogP contribution in [0, 0.1) is 6.92 Å². The lowest BCUT2D eigenvalue weighted by molar-refractivity contribution is -0.154. The highest BCUT2D eigenvalue weighted by Gasteiger charge is 2.28. The SMILES string of the molecule is CN=C(NCc1ccnc(OCC(F)(F)F)c1)NCc1ccc(C)cc1OCCOC.I. The van der Waals surface area contributed by atoms with Gasteiger partial charge in [-0.25, -0.2) is 4.98 Å². The minimum atomic E-state index is -4.41. The summed E-state index contributed by atoms with van der Waals surface area (Å²) in [6.07, 6.45) is -3.02. The number of nitrogens with one attached hydrogen (secondary N) is 2. The first kappa shape index (κ1) is 27.8. The zero-order valence-corrected chi connectivity index (χ0v) is 20.5. The van der Waals surface area contributed by atoms with Gasteiger partial charge in [0.25, 0.3) is 0 Å². The Morgan fingerprint density at radius 3 is 2.50 bits per heavy atom. The summed E-state index contributed by atoms with van der Waals surface area (Å²) in [6.45, 7) is 2.34. The number of alkyl halides is 3. The van der Waals surface area contributed by atoms with Crippen LogP contribution in [0.2, 0.25) is 0 Å². The highest BCUT2D eigenvalue weighted by atomic mass is 127. The smallest absolute Gasteiger partial charge is 0.422 e. The lowest BCUT2D eigenvalue weighted by atomic mass is 10.1. The number of nitrogens with zero attached hydrogens (tertiary/aromatic N) is 2. The second kappa shape index (κ2) is 14.0. The van der Waals surface area contributed by atoms with Gasteiger partial charge in [0.05, 0.1) is 6.61 Å². The molecule has 0 bridgehead atoms. The van der Waals surface area contributed by atoms with Crippen molar-refractivity contribution in [1.82, 2.24) is 15.6 Å². The molecule has 0 fully saturated rings. The van der Waals surface area contributed by atoms with Gasteiger partial charge in [0.15, 0.2) is 12.6 Å². The first-order valence-corrected chi connectivity index (χ1v) is 9.61. The van der Waals surface area contributed by atoms with Gasteiger partial charge >= 0.3 is 6.18 Å². The number of aryl methyl sites for hydroxylation is 1. The number of methoxy groups -OCH3 is 1. The van der Waals surface area contributed by atoms with Gasteiger partial charge in [-0.3, -0.25) is 4.99 Å². The molecule has 0 aliphatic rings. The molecule has 1 aromatic carbocycles. The Balaban J connectivity index is 0.00000512. The molecule has 2 aromatic rings. The highest BCUT2D eigenvalue weighted by molar-refractivity contribution is 14.0. The Labute approximate surface area is 202 Å². The molecule has 0 radical (unpaired) electrons. The first-order valence-electron chi connectivity index (χ1n) is 9.61. The third-order valence-corrected chi connectivity index (χ3v) is 4.08. The van der Waals surface area contributed by atoms with Gasteiger partial charge in [0.2, 0.25) is 5.88 Å². The molecule has 0 spiro atoms. The van der Waals surface area contributed by atoms with Crippen LogP contribution in [0.3, 0.4) is 0 Å². The quantitative estimate of drug-likeness (QED) is 0.197. The van der Waals surface area contributed by atoms with E-state index in [0.29, 0.717) is 37.8 Å². The Morgan fingerprint density at radius 1 is 1.06 bits per heavy atom. The number of aromatic nitrogens is 1. The molecule has 2 N–H and O–H groups in total. The van der Waals surface area contributed by atoms with Crippen molar-refractivity contribution in [2.24, 2.45) is 4.99 Å². The molecule has 7 nitrogen and oxygen atoms in total. The van der Waals surface area contributed by atoms with Crippen molar-refractivity contribution in [2.75, 3.05) is 34.0 Å². The number of pyridine rings is 1. The molecule has 0 unspecified atom stereocenters. The number of halogens is 4. The molecular weight excluding hydrogens is 540 g/mol. The Hall–Kier alpha value is -2.28. The van der Waals surface area contributed by atoms with Crippen LogP contribution in [-0.4, -0.2) is 51.1 Å². The van der Waals surface area contributed by atoms with Gasteiger partial charge in [-0.1, -0.05) is 12.1 Å². The van der Waals surface area contributed by atoms with E-state index in [1.807, 2.05) is 25.1 Å². The Kier molecular flexibility index (Phi) is 12.1. The second-order valence-corrected chi connectivity index (χ2v) is 6.64. The lowest BCUT2D eigenvalue weighted by Gasteiger charge is -2.16. The molecule has 2 rings (SSSR count). The molecule has 0 saturated carbocycles. The first-order chi connectivity index (χ1) is 14.8. The average Bonchev–Trinajstić information content (AvgIpc) is 2.73. The topological polar surface area (TPSA) is 77.0 Å². The predicted octanol–water partition coefficient (Wildman–Crippen LogP) is 3.84. The number of hydrogen-bond donors (Lipinski definition) is 2. The molecule has 0 atom stereocenters. The number of ether oxygens (including phenoxy) is 3. The number of benzene rings is 1. The number of aliphatic imine (C=N–C) groups is 1. The van der Waals surface area contributed by atoms with Gasteiger partial charge in [-0.2, -0.15) is 13.2 Å². The number of rotatable bonds is 10. The van der Waals surface area contributed by atoms with Crippen molar-refractivity contribution in [1.29, 1.82) is 0 Å². The van der Waals surface area contributed by atoms with Crippen LogP contribution in [0.1, 0.15) is 16.7 Å². The van der Waals surface area contributed by atoms with Gasteiger partial charge in [-0.05, 0) is 30.2 Å². The van der Waals surface area contributed by atoms with Crippen molar-refractivity contribution in [3.63, 3.8) is 0 Å². The van der Waals surface area contributed by atoms with Crippen LogP contribution < -0.4 is 20.1 Å². The third kappa shape index (κ3) is 10.4. The van der Waals surface area contributed by atoms with E-state index in [0.717, 1.165) is 16.9 Å². The van der Waals surface area contributed by atoms with E-state index in [4.69, 9.17) is 9.47 Å². The molecule has 11 heteroatoms. The third-order valence-electron chi connectivity index (χ3n) is 4.08. The summed E-state index contributed by atoms with van der Waals surface area (Å²) in [7, 11) is 3.25. The second-order valence-electron chi connectivity index (χ2n) is 6.64. The van der Waals surface area contributed by atoms with E-state index in [9.17, 15) is 13.2 Å². The molecule has 1 aromatic heterocycles. The summed E-state index contributed by atoms with van der Waals surface area (Å²) in [4.78, 5) is 7.96. The van der Waals surface area contributed by atoms with E-state index in [1.165, 1.54) is 12.3 Å². The molecule has 1 heterocycles. The monoisotopic (exact) mass is 568 g/mol. The molecule has 0 saturated heterocycles. The fourth-order valence-corrected chi connectivity index (χ4v) is 2.56. The minimum Gasteiger partial charge on any atom is -0.491 e. The predicted molar refractivity (Wildman–Crippen MR) is 127 cm³/mol. The normalized spacial score (nSPS) is 11.5. The fraction of sp³-hybridized carbons (Fsp3) is 0.429. The van der Waals surface area contributed by atoms with E-state index in [1.54, 1.807) is 20.2 Å². The molecule has 0 amide bonds. The van der Waals surface area contributed by atoms with Crippen LogP contribution in [-0.2, 0) is 17.8 Å². The summed E-state index contributed by atoms with van der Waals surface area (Å²) < 4.78 is 52.4. The largest absolute Gasteiger partial charge is 0.491 e. The number of hydrogen-bond acceptors (Lipinski definition) is 5. The van der Waals surface area contributed by atoms with Gasteiger partial charge in [0.1, 0.15) is 12.4 Å². The summed E-state index contributed by atoms with van der Waals surface area (Å²) in [6, 6.07) is 9.07. The van der Waals surface area contributed by atoms with E-state index < -0.39 is 12.8 Å². The summed E-state index contributed by atoms with van der Waals surface area (Å²) in [5.74, 6) is 1.20. The molecule has 0 aliphatic carbocycles. The van der Waals surface area contributed by atoms with Crippen LogP contribution in [0.4, 0.5) is 13.2 Å². The maximum atomic E-state index is 12.3. The van der Waals surface area contributed by atoms with Crippen molar-refractivity contribution >= 4 is 29.9 Å². The van der Waals surface area contributed by atoms with E-state index in [-0.39, 0.29) is 29.9 Å². The van der Waals surface area contributed by atoms with Crippen molar-refractivity contribution in [3.05, 3.63) is 53.2 Å². The molecule has 32 heavy (non-hydrogen) atoms. The highest BCUT2D eigenvalue weighted by Crippen LogP contribution is 2.20. The molecule has 178 valence electrons. The Morgan fingerprint density at radius 2 is 1.81 bits per heavy atom. The van der Waals surface area contributed by atoms with Crippen LogP contribution in [0.25, 0.3) is 0 Å². The van der Waals surface area contributed by atoms with E-state index in [2.05, 4.69) is 25.3 Å². The van der Waals surface area contributed by atoms with Crippen molar-refractivity contribution in [3.8, 4) is 11.6 Å². The van der Waals surface area contributed by atoms with Gasteiger partial charge in [0, 0.05) is 45.1 Å². The fourth-order valence-electron chi connectivity index (χ4n) is 2.56. The van der Waals surface area contributed by atoms with Gasteiger partial charge < -0.3 is 24.8 Å². The lowest BCUT2D eigenvalue weighted by Crippen LogP contribution is -2.36. The zero-order valence-electron chi connectivity index (χ0n) is 18.2. The minimum absolute atomic E-state index is 0. The maximum Gasteiger partial charge on any atom is 0.422 e. The summed E-state index contributed by atoms with van der Waals surface area (Å²) in [5.41, 5.74) is 2.74. The Bertz CT molecular complexity index is 866. The van der Waals surface area contributed by atoms with Gasteiger partial charge in [-0.15, -0.1) is 24.0 Å². The van der Waals surface area contributed by atoms with Crippen molar-refractivity contribution < 1.29 is 27.4 Å². The van der Waals surface area contributed by atoms with Crippen LogP contribution in [0.15, 0.2) is 41.5 Å². The zero-order chi connectivity index (χ0) is 22.7. The van der Waals surface area contributed by atoms with Crippen LogP contribution in [0.5, 0.6) is 11.6 Å². The standard InChI is InChI=1S/C21H27F3N4O3.HI/c1-15-4-5-17(18(10-15)30-9-8-29-3)13-28-20(25-2)27-12-16-6-7-26-19(11-16)31-14-21(22,23)24;/h4-7,10-11H,8-9,12-14H2,1-3H3,(H2,25,27,28);1H. The van der Waals surface area contributed by atoms with E-state index >= 15 is 0 Å². The molecule has 0 aliphatic heterocycles. The number of guanidine groups is 1. The van der Waals surface area contributed by atoms with Crippen molar-refractivity contribution in [2.45, 2.75) is 26.2 Å².